The number of H-pyrrole nitrogens is 1. The molecule has 4 rings (SSSR count). The second-order valence-corrected chi connectivity index (χ2v) is 6.74. The molecule has 2 heterocycles. The molecule has 0 aliphatic rings. The van der Waals surface area contributed by atoms with Gasteiger partial charge in [-0.3, -0.25) is 14.6 Å². The Bertz CT molecular complexity index is 1130. The summed E-state index contributed by atoms with van der Waals surface area (Å²) in [7, 11) is 1.62. The summed E-state index contributed by atoms with van der Waals surface area (Å²) in [6, 6.07) is 19.2. The fraction of sp³-hybridized carbons (Fsp3) is 0.136. The number of hydrogen-bond donors (Lipinski definition) is 2. The molecule has 7 nitrogen and oxygen atoms in total. The lowest BCUT2D eigenvalue weighted by molar-refractivity contribution is 0.102. The van der Waals surface area contributed by atoms with Crippen LogP contribution in [0.2, 0.25) is 0 Å². The van der Waals surface area contributed by atoms with Crippen molar-refractivity contribution < 1.29 is 9.53 Å². The third-order valence-electron chi connectivity index (χ3n) is 4.52. The molecule has 7 heteroatoms. The number of amides is 1. The maximum Gasteiger partial charge on any atom is 0.274 e. The zero-order chi connectivity index (χ0) is 20.2. The van der Waals surface area contributed by atoms with Crippen LogP contribution in [0.4, 0.5) is 5.82 Å². The third-order valence-corrected chi connectivity index (χ3v) is 4.52. The quantitative estimate of drug-likeness (QED) is 0.526. The Labute approximate surface area is 168 Å². The Morgan fingerprint density at radius 1 is 1.14 bits per heavy atom. The zero-order valence-corrected chi connectivity index (χ0v) is 16.2. The van der Waals surface area contributed by atoms with E-state index in [-0.39, 0.29) is 5.91 Å². The maximum absolute atomic E-state index is 12.5. The van der Waals surface area contributed by atoms with Crippen LogP contribution in [0.25, 0.3) is 11.3 Å². The lowest BCUT2D eigenvalue weighted by Gasteiger charge is -2.03. The van der Waals surface area contributed by atoms with E-state index in [1.165, 1.54) is 5.56 Å². The minimum atomic E-state index is -0.293. The van der Waals surface area contributed by atoms with Crippen LogP contribution in [0.5, 0.6) is 5.75 Å². The van der Waals surface area contributed by atoms with Crippen LogP contribution < -0.4 is 10.1 Å². The van der Waals surface area contributed by atoms with Crippen molar-refractivity contribution in [3.63, 3.8) is 0 Å². The van der Waals surface area contributed by atoms with Gasteiger partial charge < -0.3 is 10.1 Å². The molecule has 1 amide bonds. The van der Waals surface area contributed by atoms with E-state index in [1.807, 2.05) is 36.5 Å². The van der Waals surface area contributed by atoms with Gasteiger partial charge in [0.15, 0.2) is 5.82 Å². The molecule has 29 heavy (non-hydrogen) atoms. The van der Waals surface area contributed by atoms with Crippen molar-refractivity contribution in [1.82, 2.24) is 20.0 Å². The van der Waals surface area contributed by atoms with Crippen molar-refractivity contribution in [2.24, 2.45) is 0 Å². The van der Waals surface area contributed by atoms with Crippen molar-refractivity contribution in [2.75, 3.05) is 12.4 Å². The van der Waals surface area contributed by atoms with Gasteiger partial charge in [-0.15, -0.1) is 0 Å². The SMILES string of the molecule is COc1ccc(-c2cc(C(=O)Nc3ccn(Cc4cccc(C)c4)n3)[nH]n2)cc1. The Kier molecular flexibility index (Phi) is 5.11. The molecule has 0 spiro atoms. The number of ether oxygens (including phenoxy) is 1. The summed E-state index contributed by atoms with van der Waals surface area (Å²) in [6.45, 7) is 2.70. The van der Waals surface area contributed by atoms with Gasteiger partial charge in [-0.1, -0.05) is 29.8 Å². The van der Waals surface area contributed by atoms with Crippen LogP contribution in [0, 0.1) is 6.92 Å². The molecule has 2 aromatic carbocycles. The van der Waals surface area contributed by atoms with Crippen LogP contribution >= 0.6 is 0 Å². The van der Waals surface area contributed by atoms with Crippen LogP contribution in [0.15, 0.2) is 66.9 Å². The molecular weight excluding hydrogens is 366 g/mol. The average molecular weight is 387 g/mol. The Balaban J connectivity index is 1.42. The number of rotatable bonds is 6. The highest BCUT2D eigenvalue weighted by Crippen LogP contribution is 2.21. The van der Waals surface area contributed by atoms with Gasteiger partial charge in [-0.2, -0.15) is 10.2 Å². The highest BCUT2D eigenvalue weighted by atomic mass is 16.5. The summed E-state index contributed by atoms with van der Waals surface area (Å²) >= 11 is 0. The maximum atomic E-state index is 12.5. The van der Waals surface area contributed by atoms with Crippen molar-refractivity contribution in [2.45, 2.75) is 13.5 Å². The molecule has 0 aliphatic heterocycles. The highest BCUT2D eigenvalue weighted by Gasteiger charge is 2.13. The molecule has 0 aliphatic carbocycles. The average Bonchev–Trinajstić information content (AvgIpc) is 3.38. The summed E-state index contributed by atoms with van der Waals surface area (Å²) < 4.78 is 6.95. The minimum absolute atomic E-state index is 0.293. The van der Waals surface area contributed by atoms with Gasteiger partial charge in [-0.25, -0.2) is 0 Å². The standard InChI is InChI=1S/C22H21N5O2/c1-15-4-3-5-16(12-15)14-27-11-10-21(26-27)23-22(28)20-13-19(24-25-20)17-6-8-18(29-2)9-7-17/h3-13H,14H2,1-2H3,(H,24,25)(H,23,26,28). The summed E-state index contributed by atoms with van der Waals surface area (Å²) in [6.07, 6.45) is 1.84. The van der Waals surface area contributed by atoms with Crippen molar-refractivity contribution >= 4 is 11.7 Å². The second-order valence-electron chi connectivity index (χ2n) is 6.74. The number of nitrogens with one attached hydrogen (secondary N) is 2. The monoisotopic (exact) mass is 387 g/mol. The highest BCUT2D eigenvalue weighted by molar-refractivity contribution is 6.02. The zero-order valence-electron chi connectivity index (χ0n) is 16.2. The van der Waals surface area contributed by atoms with Crippen LogP contribution in [0.3, 0.4) is 0 Å². The van der Waals surface area contributed by atoms with Crippen LogP contribution in [-0.2, 0) is 6.54 Å². The van der Waals surface area contributed by atoms with E-state index in [0.29, 0.717) is 23.8 Å². The van der Waals surface area contributed by atoms with Gasteiger partial charge in [0.05, 0.1) is 19.3 Å². The van der Waals surface area contributed by atoms with E-state index in [4.69, 9.17) is 4.74 Å². The fourth-order valence-corrected chi connectivity index (χ4v) is 3.05. The number of aromatic amines is 1. The molecular formula is C22H21N5O2. The smallest absolute Gasteiger partial charge is 0.274 e. The van der Waals surface area contributed by atoms with Gasteiger partial charge in [0.25, 0.3) is 5.91 Å². The van der Waals surface area contributed by atoms with E-state index < -0.39 is 0 Å². The number of methoxy groups -OCH3 is 1. The van der Waals surface area contributed by atoms with Crippen molar-refractivity contribution in [3.05, 3.63) is 83.7 Å². The molecule has 2 aromatic heterocycles. The summed E-state index contributed by atoms with van der Waals surface area (Å²) in [5.41, 5.74) is 4.30. The first-order chi connectivity index (χ1) is 14.1. The molecule has 0 atom stereocenters. The van der Waals surface area contributed by atoms with Gasteiger partial charge in [0.1, 0.15) is 11.4 Å². The largest absolute Gasteiger partial charge is 0.497 e. The topological polar surface area (TPSA) is 84.8 Å². The van der Waals surface area contributed by atoms with Crippen LogP contribution in [0.1, 0.15) is 21.6 Å². The number of nitrogens with zero attached hydrogens (tertiary/aromatic N) is 3. The molecule has 0 bridgehead atoms. The van der Waals surface area contributed by atoms with E-state index in [2.05, 4.69) is 45.7 Å². The number of anilines is 1. The molecule has 0 saturated carbocycles. The van der Waals surface area contributed by atoms with Crippen molar-refractivity contribution in [1.29, 1.82) is 0 Å². The van der Waals surface area contributed by atoms with E-state index in [1.54, 1.807) is 23.9 Å². The third kappa shape index (κ3) is 4.35. The number of hydrogen-bond acceptors (Lipinski definition) is 4. The van der Waals surface area contributed by atoms with Gasteiger partial charge in [0.2, 0.25) is 0 Å². The van der Waals surface area contributed by atoms with Crippen molar-refractivity contribution in [3.8, 4) is 17.0 Å². The second kappa shape index (κ2) is 8.02. The predicted octanol–water partition coefficient (Wildman–Crippen LogP) is 3.89. The van der Waals surface area contributed by atoms with E-state index in [0.717, 1.165) is 16.9 Å². The fourth-order valence-electron chi connectivity index (χ4n) is 3.05. The number of aromatic nitrogens is 4. The Morgan fingerprint density at radius 3 is 2.72 bits per heavy atom. The molecule has 0 radical (unpaired) electrons. The number of carbonyl (C=O) groups is 1. The first-order valence-corrected chi connectivity index (χ1v) is 9.21. The first kappa shape index (κ1) is 18.5. The van der Waals surface area contributed by atoms with Gasteiger partial charge >= 0.3 is 0 Å². The summed E-state index contributed by atoms with van der Waals surface area (Å²) in [4.78, 5) is 12.5. The number of carbonyl (C=O) groups excluding carboxylic acids is 1. The Morgan fingerprint density at radius 2 is 1.97 bits per heavy atom. The molecule has 2 N–H and O–H groups in total. The lowest BCUT2D eigenvalue weighted by Crippen LogP contribution is -2.13. The van der Waals surface area contributed by atoms with Crippen LogP contribution in [-0.4, -0.2) is 33.0 Å². The normalized spacial score (nSPS) is 10.7. The predicted molar refractivity (Wildman–Crippen MR) is 111 cm³/mol. The lowest BCUT2D eigenvalue weighted by atomic mass is 10.1. The van der Waals surface area contributed by atoms with Gasteiger partial charge in [-0.05, 0) is 42.8 Å². The summed E-state index contributed by atoms with van der Waals surface area (Å²) in [5, 5.41) is 14.2. The molecule has 0 unspecified atom stereocenters. The Hall–Kier alpha value is -3.87. The molecule has 0 saturated heterocycles. The van der Waals surface area contributed by atoms with E-state index in [9.17, 15) is 4.79 Å². The number of benzene rings is 2. The summed E-state index contributed by atoms with van der Waals surface area (Å²) in [5.74, 6) is 0.963. The first-order valence-electron chi connectivity index (χ1n) is 9.21. The minimum Gasteiger partial charge on any atom is -0.497 e. The molecule has 4 aromatic rings. The molecule has 146 valence electrons. The van der Waals surface area contributed by atoms with E-state index >= 15 is 0 Å². The number of aryl methyl sites for hydroxylation is 1. The van der Waals surface area contributed by atoms with Gasteiger partial charge in [0, 0.05) is 17.8 Å². The molecule has 0 fully saturated rings.